The maximum Gasteiger partial charge on any atom is 0.143 e. The molecule has 7 aromatic carbocycles. The molecule has 0 unspecified atom stereocenters. The molecule has 5 saturated carbocycles. The molecule has 0 radical (unpaired) electrons. The second-order valence-electron chi connectivity index (χ2n) is 19.5. The van der Waals surface area contributed by atoms with Crippen LogP contribution in [0.3, 0.4) is 0 Å². The average molecular weight is 776 g/mol. The van der Waals surface area contributed by atoms with Crippen LogP contribution < -0.4 is 4.90 Å². The first-order chi connectivity index (χ1) is 29.7. The molecule has 4 bridgehead atoms. The number of nitrogens with zero attached hydrogens (tertiary/aromatic N) is 1. The molecular weight excluding hydrogens is 727 g/mol. The van der Waals surface area contributed by atoms with Gasteiger partial charge in [-0.3, -0.25) is 0 Å². The summed E-state index contributed by atoms with van der Waals surface area (Å²) < 4.78 is 6.54. The van der Waals surface area contributed by atoms with Gasteiger partial charge in [0.25, 0.3) is 0 Å². The Balaban J connectivity index is 0.973. The zero-order valence-corrected chi connectivity index (χ0v) is 34.2. The Morgan fingerprint density at radius 1 is 0.467 bits per heavy atom. The summed E-state index contributed by atoms with van der Waals surface area (Å²) >= 11 is 0. The lowest BCUT2D eigenvalue weighted by atomic mass is 9.43. The van der Waals surface area contributed by atoms with Crippen molar-refractivity contribution >= 4 is 39.0 Å². The van der Waals surface area contributed by atoms with Gasteiger partial charge in [-0.25, -0.2) is 0 Å². The third kappa shape index (κ3) is 4.40. The van der Waals surface area contributed by atoms with E-state index in [1.165, 1.54) is 131 Å². The van der Waals surface area contributed by atoms with Crippen LogP contribution in [0.25, 0.3) is 55.3 Å². The molecule has 1 heterocycles. The largest absolute Gasteiger partial charge is 0.455 e. The molecule has 8 aromatic rings. The van der Waals surface area contributed by atoms with E-state index in [0.29, 0.717) is 0 Å². The van der Waals surface area contributed by atoms with Gasteiger partial charge < -0.3 is 9.32 Å². The number of rotatable bonds is 4. The molecule has 0 aliphatic heterocycles. The molecule has 0 amide bonds. The number of furan rings is 1. The Bertz CT molecular complexity index is 3020. The first-order valence-electron chi connectivity index (χ1n) is 23.0. The van der Waals surface area contributed by atoms with Crippen LogP contribution in [-0.4, -0.2) is 0 Å². The number of benzene rings is 7. The van der Waals surface area contributed by atoms with Gasteiger partial charge in [0.05, 0.1) is 5.69 Å². The maximum absolute atomic E-state index is 6.54. The van der Waals surface area contributed by atoms with E-state index in [-0.39, 0.29) is 10.8 Å². The first kappa shape index (κ1) is 33.9. The Kier molecular flexibility index (Phi) is 6.98. The summed E-state index contributed by atoms with van der Waals surface area (Å²) in [7, 11) is 0. The zero-order chi connectivity index (χ0) is 39.2. The lowest BCUT2D eigenvalue weighted by Gasteiger charge is -2.61. The van der Waals surface area contributed by atoms with Gasteiger partial charge in [0.2, 0.25) is 0 Å². The fraction of sp³-hybridized carbons (Fsp3) is 0.276. The molecule has 2 nitrogen and oxygen atoms in total. The van der Waals surface area contributed by atoms with E-state index in [1.807, 2.05) is 0 Å². The van der Waals surface area contributed by atoms with Crippen molar-refractivity contribution < 1.29 is 4.42 Å². The molecule has 2 spiro atoms. The van der Waals surface area contributed by atoms with Crippen LogP contribution in [0.15, 0.2) is 156 Å². The standard InChI is InChI=1S/C58H49NO/c1-8-28-57(29-9-1)49-17-5-3-14-47(49)55-52(57)19-11-20-53(55)59(41-24-22-38(23-25-41)43-15-10-16-46-45-13-4-7-21-54(45)60-56(43)46)42-26-27-51-48(35-42)44-12-2-6-18-50(44)58(51)39-31-36-30-37(33-39)34-40(58)32-36/h2-7,10-27,35-37,39-40H,1,8-9,28-34H2/t36-,37?,39-,40?,58+/m1/s1. The molecule has 0 atom stereocenters. The van der Waals surface area contributed by atoms with Crippen LogP contribution >= 0.6 is 0 Å². The van der Waals surface area contributed by atoms with E-state index in [9.17, 15) is 0 Å². The van der Waals surface area contributed by atoms with E-state index in [4.69, 9.17) is 4.42 Å². The smallest absolute Gasteiger partial charge is 0.143 e. The minimum absolute atomic E-state index is 0.0870. The van der Waals surface area contributed by atoms with Crippen LogP contribution in [0.4, 0.5) is 17.1 Å². The highest BCUT2D eigenvalue weighted by Crippen LogP contribution is 2.70. The number of hydrogen-bond donors (Lipinski definition) is 0. The second-order valence-corrected chi connectivity index (χ2v) is 19.5. The summed E-state index contributed by atoms with van der Waals surface area (Å²) in [6, 6.07) is 58.2. The molecule has 0 N–H and O–H groups in total. The van der Waals surface area contributed by atoms with Gasteiger partial charge in [-0.05, 0) is 150 Å². The summed E-state index contributed by atoms with van der Waals surface area (Å²) in [4.78, 5) is 2.60. The Labute approximate surface area is 352 Å². The van der Waals surface area contributed by atoms with Gasteiger partial charge in [0, 0.05) is 44.1 Å². The maximum atomic E-state index is 6.54. The van der Waals surface area contributed by atoms with Crippen LogP contribution in [0.5, 0.6) is 0 Å². The molecule has 2 heteroatoms. The third-order valence-corrected chi connectivity index (χ3v) is 16.9. The summed E-state index contributed by atoms with van der Waals surface area (Å²) in [6.45, 7) is 0. The SMILES string of the molecule is c1ccc2c(c1)-c1c(N(c3ccc(-c4cccc5c4oc4ccccc45)cc3)c3ccc4c(c3)-c3ccccc3[C@]43C4CC5C[C@@H](C4)C[C@@H]3C5)cccc1C21CCCCC1. The number of para-hydroxylation sites is 2. The van der Waals surface area contributed by atoms with Crippen molar-refractivity contribution in [1.29, 1.82) is 0 Å². The van der Waals surface area contributed by atoms with Gasteiger partial charge in [0.15, 0.2) is 0 Å². The molecule has 292 valence electrons. The van der Waals surface area contributed by atoms with E-state index < -0.39 is 0 Å². The predicted molar refractivity (Wildman–Crippen MR) is 246 cm³/mol. The highest BCUT2D eigenvalue weighted by Gasteiger charge is 2.61. The number of fused-ring (bicyclic) bond motifs is 11. The summed E-state index contributed by atoms with van der Waals surface area (Å²) in [5.41, 5.74) is 20.2. The van der Waals surface area contributed by atoms with Crippen molar-refractivity contribution in [1.82, 2.24) is 0 Å². The monoisotopic (exact) mass is 775 g/mol. The molecular formula is C58H49NO. The minimum atomic E-state index is 0.0870. The van der Waals surface area contributed by atoms with Gasteiger partial charge >= 0.3 is 0 Å². The molecule has 15 rings (SSSR count). The van der Waals surface area contributed by atoms with E-state index in [0.717, 1.165) is 40.4 Å². The minimum Gasteiger partial charge on any atom is -0.455 e. The van der Waals surface area contributed by atoms with Gasteiger partial charge in [-0.15, -0.1) is 0 Å². The number of anilines is 3. The Morgan fingerprint density at radius 2 is 1.10 bits per heavy atom. The van der Waals surface area contributed by atoms with Crippen LogP contribution in [0.1, 0.15) is 86.5 Å². The molecule has 5 fully saturated rings. The highest BCUT2D eigenvalue weighted by atomic mass is 16.3. The summed E-state index contributed by atoms with van der Waals surface area (Å²) in [5, 5.41) is 2.33. The van der Waals surface area contributed by atoms with Crippen molar-refractivity contribution in [2.45, 2.75) is 75.0 Å². The van der Waals surface area contributed by atoms with Crippen molar-refractivity contribution in [2.75, 3.05) is 4.90 Å². The van der Waals surface area contributed by atoms with Crippen LogP contribution in [0.2, 0.25) is 0 Å². The van der Waals surface area contributed by atoms with Crippen LogP contribution in [0, 0.1) is 23.7 Å². The third-order valence-electron chi connectivity index (χ3n) is 16.9. The number of hydrogen-bond acceptors (Lipinski definition) is 2. The first-order valence-corrected chi connectivity index (χ1v) is 23.0. The zero-order valence-electron chi connectivity index (χ0n) is 34.2. The van der Waals surface area contributed by atoms with Gasteiger partial charge in [-0.1, -0.05) is 135 Å². The highest BCUT2D eigenvalue weighted by molar-refractivity contribution is 6.09. The average Bonchev–Trinajstić information content (AvgIpc) is 3.91. The normalized spacial score (nSPS) is 24.9. The fourth-order valence-electron chi connectivity index (χ4n) is 14.8. The van der Waals surface area contributed by atoms with Crippen molar-refractivity contribution in [3.8, 4) is 33.4 Å². The molecule has 7 aliphatic rings. The molecule has 1 aromatic heterocycles. The predicted octanol–water partition coefficient (Wildman–Crippen LogP) is 15.7. The molecule has 60 heavy (non-hydrogen) atoms. The lowest BCUT2D eigenvalue weighted by molar-refractivity contribution is -0.0399. The lowest BCUT2D eigenvalue weighted by Crippen LogP contribution is -2.55. The second kappa shape index (κ2) is 12.4. The van der Waals surface area contributed by atoms with Crippen molar-refractivity contribution in [3.63, 3.8) is 0 Å². The summed E-state index contributed by atoms with van der Waals surface area (Å²) in [5.74, 6) is 3.37. The van der Waals surface area contributed by atoms with Gasteiger partial charge in [0.1, 0.15) is 11.2 Å². The summed E-state index contributed by atoms with van der Waals surface area (Å²) in [6.07, 6.45) is 13.5. The van der Waals surface area contributed by atoms with E-state index >= 15 is 0 Å². The van der Waals surface area contributed by atoms with Gasteiger partial charge in [-0.2, -0.15) is 0 Å². The molecule has 7 aliphatic carbocycles. The van der Waals surface area contributed by atoms with E-state index in [1.54, 1.807) is 11.1 Å². The van der Waals surface area contributed by atoms with Crippen molar-refractivity contribution in [2.24, 2.45) is 23.7 Å². The fourth-order valence-corrected chi connectivity index (χ4v) is 14.8. The Hall–Kier alpha value is -5.86. The van der Waals surface area contributed by atoms with Crippen molar-refractivity contribution in [3.05, 3.63) is 174 Å². The Morgan fingerprint density at radius 3 is 1.92 bits per heavy atom. The van der Waals surface area contributed by atoms with E-state index in [2.05, 4.69) is 157 Å². The topological polar surface area (TPSA) is 16.4 Å². The molecule has 0 saturated heterocycles. The van der Waals surface area contributed by atoms with Crippen LogP contribution in [-0.2, 0) is 10.8 Å². The quantitative estimate of drug-likeness (QED) is 0.177.